The maximum atomic E-state index is 13.3. The van der Waals surface area contributed by atoms with Crippen LogP contribution in [0.5, 0.6) is 11.5 Å². The fraction of sp³-hybridized carbons (Fsp3) is 0.267. The van der Waals surface area contributed by atoms with E-state index >= 15 is 0 Å². The monoisotopic (exact) mass is 613 g/mol. The summed E-state index contributed by atoms with van der Waals surface area (Å²) >= 11 is 0. The molecule has 1 aliphatic heterocycles. The average molecular weight is 614 g/mol. The zero-order chi connectivity index (χ0) is 31.8. The molecule has 0 spiro atoms. The molecule has 0 aliphatic carbocycles. The number of carbonyl (C=O) groups excluding carboxylic acids is 3. The fourth-order valence-electron chi connectivity index (χ4n) is 5.27. The van der Waals surface area contributed by atoms with Gasteiger partial charge in [-0.25, -0.2) is 15.0 Å². The van der Waals surface area contributed by atoms with Gasteiger partial charge >= 0.3 is 0 Å². The number of nitrogen functional groups attached to an aromatic ring is 1. The summed E-state index contributed by atoms with van der Waals surface area (Å²) in [4.78, 5) is 50.8. The number of rotatable bonds is 5. The molecule has 3 amide bonds. The topological polar surface area (TPSA) is 221 Å². The summed E-state index contributed by atoms with van der Waals surface area (Å²) in [5.41, 5.74) is 20.4. The molecule has 0 saturated carbocycles. The smallest absolute Gasteiger partial charge is 0.295 e. The minimum atomic E-state index is -0.660. The average Bonchev–Trinajstić information content (AvgIpc) is 3.66. The molecule has 5 aromatic rings. The minimum absolute atomic E-state index is 0.0922. The highest BCUT2D eigenvalue weighted by atomic mass is 16.5. The number of aryl methyl sites for hydroxylation is 2. The van der Waals surface area contributed by atoms with E-state index in [2.05, 4.69) is 20.3 Å². The van der Waals surface area contributed by atoms with Gasteiger partial charge in [0.1, 0.15) is 22.5 Å². The standard InChI is InChI=1S/C30H31N9O6/c1-3-18-25(45-15(2)34-18)28(42)37-30-36-20-12-17(27(32)41)14-22-24(20)39(30)8-5-4-7-38-23-19(35-29(38)33)11-16(26(31)40)13-21(23)43-9-6-10-44-22/h4-5,11-14H,3,6-10H2,1-2H3,(H2,31,40)(H2,32,41)(H2,33,35)(H,36,37,42)/b5-4+. The Bertz CT molecular complexity index is 2020. The van der Waals surface area contributed by atoms with Gasteiger partial charge < -0.3 is 40.2 Å². The van der Waals surface area contributed by atoms with Crippen molar-refractivity contribution < 1.29 is 28.3 Å². The third-order valence-corrected chi connectivity index (χ3v) is 7.33. The molecule has 232 valence electrons. The lowest BCUT2D eigenvalue weighted by atomic mass is 10.1. The van der Waals surface area contributed by atoms with E-state index in [1.165, 1.54) is 0 Å². The maximum absolute atomic E-state index is 13.3. The first-order valence-corrected chi connectivity index (χ1v) is 14.3. The predicted molar refractivity (Wildman–Crippen MR) is 164 cm³/mol. The molecule has 7 N–H and O–H groups in total. The normalized spacial score (nSPS) is 14.3. The quantitative estimate of drug-likeness (QED) is 0.212. The Morgan fingerprint density at radius 2 is 1.44 bits per heavy atom. The van der Waals surface area contributed by atoms with Gasteiger partial charge in [-0.2, -0.15) is 0 Å². The largest absolute Gasteiger partial charge is 0.491 e. The molecule has 0 radical (unpaired) electrons. The highest BCUT2D eigenvalue weighted by Crippen LogP contribution is 2.33. The third kappa shape index (κ3) is 5.50. The molecule has 15 nitrogen and oxygen atoms in total. The second-order valence-electron chi connectivity index (χ2n) is 10.4. The molecule has 0 unspecified atom stereocenters. The molecule has 0 saturated heterocycles. The Kier molecular flexibility index (Phi) is 7.58. The van der Waals surface area contributed by atoms with E-state index in [1.54, 1.807) is 40.3 Å². The SMILES string of the molecule is CCc1nc(C)oc1C(=O)Nc1nc2cc(C(N)=O)cc3c2n1C/C=C/Cn1c(N)nc2cc(C(N)=O)cc(c21)OCCCO3. The van der Waals surface area contributed by atoms with Gasteiger partial charge in [-0.3, -0.25) is 19.7 Å². The van der Waals surface area contributed by atoms with Crippen LogP contribution in [0.2, 0.25) is 0 Å². The molecule has 3 aromatic heterocycles. The van der Waals surface area contributed by atoms with Gasteiger partial charge in [0.15, 0.2) is 5.89 Å². The van der Waals surface area contributed by atoms with E-state index in [9.17, 15) is 14.4 Å². The number of anilines is 2. The number of nitrogens with one attached hydrogen (secondary N) is 1. The maximum Gasteiger partial charge on any atom is 0.295 e. The van der Waals surface area contributed by atoms with Crippen LogP contribution in [-0.2, 0) is 19.5 Å². The first-order chi connectivity index (χ1) is 21.6. The summed E-state index contributed by atoms with van der Waals surface area (Å²) in [6.45, 7) is 4.51. The van der Waals surface area contributed by atoms with E-state index in [1.807, 2.05) is 19.1 Å². The van der Waals surface area contributed by atoms with Crippen molar-refractivity contribution in [2.24, 2.45) is 11.5 Å². The van der Waals surface area contributed by atoms with Crippen molar-refractivity contribution in [2.75, 3.05) is 24.3 Å². The van der Waals surface area contributed by atoms with E-state index < -0.39 is 17.7 Å². The molecule has 6 rings (SSSR count). The second-order valence-corrected chi connectivity index (χ2v) is 10.4. The van der Waals surface area contributed by atoms with Crippen LogP contribution in [0.25, 0.3) is 22.1 Å². The van der Waals surface area contributed by atoms with E-state index in [-0.39, 0.29) is 48.5 Å². The van der Waals surface area contributed by atoms with Crippen LogP contribution >= 0.6 is 0 Å². The molecule has 45 heavy (non-hydrogen) atoms. The number of oxazole rings is 1. The third-order valence-electron chi connectivity index (χ3n) is 7.33. The molecule has 4 heterocycles. The molecule has 1 aliphatic rings. The van der Waals surface area contributed by atoms with Crippen LogP contribution in [0.4, 0.5) is 11.9 Å². The van der Waals surface area contributed by atoms with Crippen molar-refractivity contribution in [3.8, 4) is 11.5 Å². The van der Waals surface area contributed by atoms with Crippen molar-refractivity contribution in [2.45, 2.75) is 39.8 Å². The Hall–Kier alpha value is -5.86. The number of nitrogens with zero attached hydrogens (tertiary/aromatic N) is 5. The van der Waals surface area contributed by atoms with Gasteiger partial charge in [-0.1, -0.05) is 19.1 Å². The molecule has 0 atom stereocenters. The molecular formula is C30H31N9O6. The molecule has 2 aromatic carbocycles. The first kappa shape index (κ1) is 29.2. The molecular weight excluding hydrogens is 582 g/mol. The Morgan fingerprint density at radius 1 is 0.867 bits per heavy atom. The molecule has 0 bridgehead atoms. The number of carbonyl (C=O) groups is 3. The summed E-state index contributed by atoms with van der Waals surface area (Å²) in [6.07, 6.45) is 4.66. The lowest BCUT2D eigenvalue weighted by Crippen LogP contribution is -2.17. The Balaban J connectivity index is 1.43. The number of ether oxygens (including phenoxy) is 2. The zero-order valence-electron chi connectivity index (χ0n) is 24.6. The summed E-state index contributed by atoms with van der Waals surface area (Å²) in [5.74, 6) is -0.159. The highest BCUT2D eigenvalue weighted by Gasteiger charge is 2.24. The lowest BCUT2D eigenvalue weighted by molar-refractivity contribution is 0.0987. The highest BCUT2D eigenvalue weighted by molar-refractivity contribution is 6.04. The number of primary amides is 2. The van der Waals surface area contributed by atoms with Gasteiger partial charge in [0.2, 0.25) is 29.5 Å². The summed E-state index contributed by atoms with van der Waals surface area (Å²) in [7, 11) is 0. The van der Waals surface area contributed by atoms with Crippen LogP contribution in [-0.4, -0.2) is 55.0 Å². The summed E-state index contributed by atoms with van der Waals surface area (Å²) in [6, 6.07) is 6.23. The molecule has 0 fully saturated rings. The fourth-order valence-corrected chi connectivity index (χ4v) is 5.27. The number of benzene rings is 2. The van der Waals surface area contributed by atoms with E-state index in [4.69, 9.17) is 31.1 Å². The van der Waals surface area contributed by atoms with E-state index in [0.717, 1.165) is 0 Å². The van der Waals surface area contributed by atoms with Crippen LogP contribution in [0.15, 0.2) is 40.8 Å². The van der Waals surface area contributed by atoms with E-state index in [0.29, 0.717) is 64.5 Å². The van der Waals surface area contributed by atoms with Crippen LogP contribution in [0.1, 0.15) is 56.2 Å². The minimum Gasteiger partial charge on any atom is -0.491 e. The number of allylic oxidation sites excluding steroid dienone is 2. The Labute approximate surface area is 256 Å². The van der Waals surface area contributed by atoms with Crippen molar-refractivity contribution in [3.63, 3.8) is 0 Å². The summed E-state index contributed by atoms with van der Waals surface area (Å²) < 4.78 is 21.3. The number of nitrogens with two attached hydrogens (primary N) is 3. The number of aromatic nitrogens is 5. The van der Waals surface area contributed by atoms with Gasteiger partial charge in [-0.15, -0.1) is 0 Å². The van der Waals surface area contributed by atoms with Gasteiger partial charge in [0.25, 0.3) is 5.91 Å². The number of hydrogen-bond donors (Lipinski definition) is 4. The number of imidazole rings is 2. The Morgan fingerprint density at radius 3 is 2.04 bits per heavy atom. The first-order valence-electron chi connectivity index (χ1n) is 14.3. The van der Waals surface area contributed by atoms with Crippen molar-refractivity contribution >= 4 is 51.7 Å². The predicted octanol–water partition coefficient (Wildman–Crippen LogP) is 2.69. The van der Waals surface area contributed by atoms with Crippen molar-refractivity contribution in [1.82, 2.24) is 24.1 Å². The van der Waals surface area contributed by atoms with Crippen molar-refractivity contribution in [3.05, 3.63) is 64.9 Å². The van der Waals surface area contributed by atoms with Crippen molar-refractivity contribution in [1.29, 1.82) is 0 Å². The zero-order valence-corrected chi connectivity index (χ0v) is 24.6. The van der Waals surface area contributed by atoms with Crippen LogP contribution in [0, 0.1) is 6.92 Å². The lowest BCUT2D eigenvalue weighted by Gasteiger charge is -2.13. The number of amides is 3. The van der Waals surface area contributed by atoms with Gasteiger partial charge in [0.05, 0.1) is 29.9 Å². The van der Waals surface area contributed by atoms with Crippen LogP contribution in [0.3, 0.4) is 0 Å². The van der Waals surface area contributed by atoms with Crippen LogP contribution < -0.4 is 32.0 Å². The van der Waals surface area contributed by atoms with Gasteiger partial charge in [0, 0.05) is 37.6 Å². The second kappa shape index (κ2) is 11.7. The summed E-state index contributed by atoms with van der Waals surface area (Å²) in [5, 5.41) is 2.84. The number of hydrogen-bond acceptors (Lipinski definition) is 10. The van der Waals surface area contributed by atoms with Gasteiger partial charge in [-0.05, 0) is 30.7 Å². The molecule has 15 heteroatoms.